The lowest BCUT2D eigenvalue weighted by Crippen LogP contribution is -2.50. The van der Waals surface area contributed by atoms with Gasteiger partial charge in [-0.25, -0.2) is 14.6 Å². The van der Waals surface area contributed by atoms with Crippen molar-refractivity contribution in [2.45, 2.75) is 37.7 Å². The number of rotatable bonds is 5. The molecule has 1 fully saturated rings. The number of aliphatic carboxylic acids is 1. The molecule has 0 aromatic carbocycles. The van der Waals surface area contributed by atoms with E-state index in [2.05, 4.69) is 15.2 Å². The van der Waals surface area contributed by atoms with E-state index in [1.54, 1.807) is 7.05 Å². The molecule has 21 heavy (non-hydrogen) atoms. The van der Waals surface area contributed by atoms with Gasteiger partial charge in [-0.15, -0.1) is 11.8 Å². The average Bonchev–Trinajstić information content (AvgIpc) is 3.07. The van der Waals surface area contributed by atoms with Gasteiger partial charge in [-0.3, -0.25) is 10.00 Å². The van der Waals surface area contributed by atoms with Gasteiger partial charge in [-0.1, -0.05) is 13.3 Å². The molecule has 2 unspecified atom stereocenters. The fraction of sp³-hybridized carbons (Fsp3) is 0.667. The van der Waals surface area contributed by atoms with E-state index in [1.807, 2.05) is 6.92 Å². The minimum Gasteiger partial charge on any atom is -0.480 e. The zero-order chi connectivity index (χ0) is 15.4. The van der Waals surface area contributed by atoms with Crippen LogP contribution in [-0.2, 0) is 11.3 Å². The largest absolute Gasteiger partial charge is 0.480 e. The van der Waals surface area contributed by atoms with E-state index < -0.39 is 12.0 Å². The predicted octanol–water partition coefficient (Wildman–Crippen LogP) is 0.985. The first-order chi connectivity index (χ1) is 10.0. The van der Waals surface area contributed by atoms with E-state index in [9.17, 15) is 14.7 Å². The second-order valence-electron chi connectivity index (χ2n) is 4.91. The van der Waals surface area contributed by atoms with Crippen molar-refractivity contribution in [2.75, 3.05) is 12.8 Å². The second kappa shape index (κ2) is 6.79. The van der Waals surface area contributed by atoms with Crippen LogP contribution < -0.4 is 0 Å². The van der Waals surface area contributed by atoms with Gasteiger partial charge in [0.1, 0.15) is 18.2 Å². The normalized spacial score (nSPS) is 21.5. The van der Waals surface area contributed by atoms with Gasteiger partial charge in [0.05, 0.1) is 11.9 Å². The number of carbonyl (C=O) groups excluding carboxylic acids is 1. The maximum absolute atomic E-state index is 12.6. The van der Waals surface area contributed by atoms with Gasteiger partial charge >= 0.3 is 12.0 Å². The van der Waals surface area contributed by atoms with Crippen molar-refractivity contribution in [1.29, 1.82) is 0 Å². The molecule has 0 radical (unpaired) electrons. The molecule has 2 atom stereocenters. The number of amides is 2. The maximum atomic E-state index is 12.6. The third-order valence-corrected chi connectivity index (χ3v) is 4.67. The number of aromatic amines is 1. The summed E-state index contributed by atoms with van der Waals surface area (Å²) in [6, 6.07) is -1.06. The molecule has 1 aromatic heterocycles. The SMILES string of the molecule is CCCC1SCC(C(=O)O)N1C(=O)N(C)Cc1ncn[nH]1. The third kappa shape index (κ3) is 3.46. The number of carboxylic acids is 1. The van der Waals surface area contributed by atoms with Gasteiger partial charge in [0.2, 0.25) is 0 Å². The lowest BCUT2D eigenvalue weighted by Gasteiger charge is -2.31. The predicted molar refractivity (Wildman–Crippen MR) is 77.7 cm³/mol. The summed E-state index contributed by atoms with van der Waals surface area (Å²) in [5.41, 5.74) is 0. The number of hydrogen-bond donors (Lipinski definition) is 2. The number of nitrogens with zero attached hydrogens (tertiary/aromatic N) is 4. The Morgan fingerprint density at radius 2 is 2.38 bits per heavy atom. The van der Waals surface area contributed by atoms with E-state index in [4.69, 9.17) is 0 Å². The molecule has 0 saturated carbocycles. The lowest BCUT2D eigenvalue weighted by atomic mass is 10.2. The van der Waals surface area contributed by atoms with Crippen LogP contribution in [-0.4, -0.2) is 66.3 Å². The molecule has 1 aliphatic heterocycles. The average molecular weight is 313 g/mol. The van der Waals surface area contributed by atoms with Gasteiger partial charge in [-0.2, -0.15) is 5.10 Å². The molecule has 2 N–H and O–H groups in total. The minimum absolute atomic E-state index is 0.0826. The number of urea groups is 1. The highest BCUT2D eigenvalue weighted by Crippen LogP contribution is 2.33. The van der Waals surface area contributed by atoms with Crippen molar-refractivity contribution >= 4 is 23.8 Å². The highest BCUT2D eigenvalue weighted by Gasteiger charge is 2.42. The summed E-state index contributed by atoms with van der Waals surface area (Å²) in [5.74, 6) is 0.0427. The summed E-state index contributed by atoms with van der Waals surface area (Å²) in [6.45, 7) is 2.29. The molecule has 2 amide bonds. The van der Waals surface area contributed by atoms with Gasteiger partial charge in [0.15, 0.2) is 0 Å². The van der Waals surface area contributed by atoms with Crippen LogP contribution in [0, 0.1) is 0 Å². The van der Waals surface area contributed by atoms with Crippen molar-refractivity contribution < 1.29 is 14.7 Å². The Morgan fingerprint density at radius 1 is 1.62 bits per heavy atom. The molecular weight excluding hydrogens is 294 g/mol. The number of nitrogens with one attached hydrogen (secondary N) is 1. The summed E-state index contributed by atoms with van der Waals surface area (Å²) >= 11 is 1.53. The van der Waals surface area contributed by atoms with Crippen LogP contribution in [0.4, 0.5) is 4.79 Å². The van der Waals surface area contributed by atoms with Crippen LogP contribution >= 0.6 is 11.8 Å². The quantitative estimate of drug-likeness (QED) is 0.840. The Balaban J connectivity index is 2.10. The van der Waals surface area contributed by atoms with Crippen molar-refractivity contribution in [3.8, 4) is 0 Å². The van der Waals surface area contributed by atoms with E-state index in [0.717, 1.165) is 12.8 Å². The monoisotopic (exact) mass is 313 g/mol. The topological polar surface area (TPSA) is 102 Å². The molecule has 9 heteroatoms. The molecule has 1 saturated heterocycles. The van der Waals surface area contributed by atoms with Crippen LogP contribution in [0.15, 0.2) is 6.33 Å². The maximum Gasteiger partial charge on any atom is 0.327 e. The number of carbonyl (C=O) groups is 2. The molecule has 116 valence electrons. The minimum atomic E-state index is -0.956. The van der Waals surface area contributed by atoms with Crippen LogP contribution in [0.2, 0.25) is 0 Å². The Labute approximate surface area is 126 Å². The smallest absolute Gasteiger partial charge is 0.327 e. The van der Waals surface area contributed by atoms with E-state index in [0.29, 0.717) is 11.6 Å². The summed E-state index contributed by atoms with van der Waals surface area (Å²) in [4.78, 5) is 30.9. The first kappa shape index (κ1) is 15.6. The number of aromatic nitrogens is 3. The van der Waals surface area contributed by atoms with Crippen LogP contribution in [0.5, 0.6) is 0 Å². The van der Waals surface area contributed by atoms with Gasteiger partial charge in [-0.05, 0) is 6.42 Å². The summed E-state index contributed by atoms with van der Waals surface area (Å²) in [7, 11) is 1.63. The van der Waals surface area contributed by atoms with E-state index in [1.165, 1.54) is 27.9 Å². The highest BCUT2D eigenvalue weighted by atomic mass is 32.2. The lowest BCUT2D eigenvalue weighted by molar-refractivity contribution is -0.141. The van der Waals surface area contributed by atoms with Gasteiger partial charge in [0, 0.05) is 12.8 Å². The highest BCUT2D eigenvalue weighted by molar-refractivity contribution is 8.00. The molecule has 0 aliphatic carbocycles. The first-order valence-electron chi connectivity index (χ1n) is 6.76. The summed E-state index contributed by atoms with van der Waals surface area (Å²) < 4.78 is 0. The van der Waals surface area contributed by atoms with Crippen LogP contribution in [0.3, 0.4) is 0 Å². The molecule has 8 nitrogen and oxygen atoms in total. The standard InChI is InChI=1S/C12H19N5O3S/c1-3-4-10-17(8(6-21-10)11(18)19)12(20)16(2)5-9-13-7-14-15-9/h7-8,10H,3-6H2,1-2H3,(H,18,19)(H,13,14,15). The number of H-pyrrole nitrogens is 1. The molecule has 2 heterocycles. The molecule has 1 aromatic rings. The Morgan fingerprint density at radius 3 is 2.95 bits per heavy atom. The molecule has 0 spiro atoms. The zero-order valence-electron chi connectivity index (χ0n) is 12.0. The third-order valence-electron chi connectivity index (χ3n) is 3.31. The van der Waals surface area contributed by atoms with Crippen LogP contribution in [0.1, 0.15) is 25.6 Å². The molecular formula is C12H19N5O3S. The van der Waals surface area contributed by atoms with E-state index in [-0.39, 0.29) is 17.9 Å². The number of hydrogen-bond acceptors (Lipinski definition) is 5. The summed E-state index contributed by atoms with van der Waals surface area (Å²) in [5, 5.41) is 15.6. The van der Waals surface area contributed by atoms with Crippen molar-refractivity contribution in [2.24, 2.45) is 0 Å². The zero-order valence-corrected chi connectivity index (χ0v) is 12.8. The number of thioether (sulfide) groups is 1. The van der Waals surface area contributed by atoms with Crippen molar-refractivity contribution in [3.63, 3.8) is 0 Å². The van der Waals surface area contributed by atoms with Crippen molar-refractivity contribution in [1.82, 2.24) is 25.0 Å². The Hall–Kier alpha value is -1.77. The molecule has 1 aliphatic rings. The second-order valence-corrected chi connectivity index (χ2v) is 6.12. The fourth-order valence-corrected chi connectivity index (χ4v) is 3.78. The Kier molecular flexibility index (Phi) is 5.05. The fourth-order valence-electron chi connectivity index (χ4n) is 2.28. The van der Waals surface area contributed by atoms with Gasteiger partial charge in [0.25, 0.3) is 0 Å². The number of carboxylic acid groups (broad SMARTS) is 1. The molecule has 0 bridgehead atoms. The van der Waals surface area contributed by atoms with Crippen molar-refractivity contribution in [3.05, 3.63) is 12.2 Å². The van der Waals surface area contributed by atoms with Crippen LogP contribution in [0.25, 0.3) is 0 Å². The Bertz CT molecular complexity index is 495. The molecule has 2 rings (SSSR count). The van der Waals surface area contributed by atoms with E-state index >= 15 is 0 Å². The first-order valence-corrected chi connectivity index (χ1v) is 7.81. The summed E-state index contributed by atoms with van der Waals surface area (Å²) in [6.07, 6.45) is 3.06. The van der Waals surface area contributed by atoms with Gasteiger partial charge < -0.3 is 10.0 Å².